The average molecular weight is 478 g/mol. The van der Waals surface area contributed by atoms with Crippen LogP contribution in [-0.2, 0) is 19.6 Å². The zero-order valence-corrected chi connectivity index (χ0v) is 20.1. The van der Waals surface area contributed by atoms with Gasteiger partial charge in [0.2, 0.25) is 15.9 Å². The number of para-hydroxylation sites is 1. The number of fused-ring (bicyclic) bond motifs is 1. The minimum atomic E-state index is -3.65. The molecule has 0 bridgehead atoms. The Morgan fingerprint density at radius 1 is 0.794 bits per heavy atom. The van der Waals surface area contributed by atoms with Crippen LogP contribution < -0.4 is 4.90 Å². The van der Waals surface area contributed by atoms with Crippen LogP contribution in [0.4, 0.5) is 5.69 Å². The van der Waals surface area contributed by atoms with E-state index in [0.717, 1.165) is 21.9 Å². The minimum absolute atomic E-state index is 0.115. The summed E-state index contributed by atoms with van der Waals surface area (Å²) in [6.45, 7) is 5.14. The molecule has 2 fully saturated rings. The molecule has 176 valence electrons. The molecule has 1 atom stereocenters. The average Bonchev–Trinajstić information content (AvgIpc) is 3.12. The lowest BCUT2D eigenvalue weighted by atomic mass is 10.1. The van der Waals surface area contributed by atoms with Gasteiger partial charge in [0.25, 0.3) is 5.91 Å². The van der Waals surface area contributed by atoms with E-state index in [2.05, 4.69) is 0 Å². The Kier molecular flexibility index (Phi) is 5.75. The van der Waals surface area contributed by atoms with Gasteiger partial charge >= 0.3 is 0 Å². The van der Waals surface area contributed by atoms with Crippen LogP contribution in [0.5, 0.6) is 0 Å². The van der Waals surface area contributed by atoms with Crippen molar-refractivity contribution in [3.8, 4) is 0 Å². The van der Waals surface area contributed by atoms with Crippen LogP contribution in [0.3, 0.4) is 0 Å². The zero-order chi connectivity index (χ0) is 24.0. The van der Waals surface area contributed by atoms with E-state index in [9.17, 15) is 18.0 Å². The van der Waals surface area contributed by atoms with Crippen molar-refractivity contribution >= 4 is 38.3 Å². The maximum absolute atomic E-state index is 13.3. The maximum atomic E-state index is 13.3. The first kappa shape index (κ1) is 22.7. The Morgan fingerprint density at radius 2 is 1.44 bits per heavy atom. The molecule has 5 rings (SSSR count). The third kappa shape index (κ3) is 3.81. The van der Waals surface area contributed by atoms with Crippen molar-refractivity contribution in [3.05, 3.63) is 71.8 Å². The first-order valence-electron chi connectivity index (χ1n) is 11.4. The van der Waals surface area contributed by atoms with E-state index >= 15 is 0 Å². The molecule has 2 amide bonds. The van der Waals surface area contributed by atoms with Gasteiger partial charge in [0.1, 0.15) is 0 Å². The van der Waals surface area contributed by atoms with Crippen molar-refractivity contribution in [1.82, 2.24) is 9.21 Å². The SMILES string of the molecule is Cc1cccc(C)c1N1C(=O)C[C@@H](N2CCN(S(=O)(=O)c3ccc4ccccc4c3)CC2)C1=O. The number of hydrogen-bond acceptors (Lipinski definition) is 5. The van der Waals surface area contributed by atoms with Crippen molar-refractivity contribution in [2.45, 2.75) is 31.2 Å². The third-order valence-electron chi connectivity index (χ3n) is 6.86. The van der Waals surface area contributed by atoms with Crippen molar-refractivity contribution in [2.24, 2.45) is 0 Å². The molecule has 0 aliphatic carbocycles. The van der Waals surface area contributed by atoms with E-state index in [0.29, 0.717) is 18.8 Å². The fraction of sp³-hybridized carbons (Fsp3) is 0.308. The van der Waals surface area contributed by atoms with Crippen LogP contribution in [0, 0.1) is 13.8 Å². The zero-order valence-electron chi connectivity index (χ0n) is 19.3. The smallest absolute Gasteiger partial charge is 0.251 e. The Bertz CT molecular complexity index is 1370. The second-order valence-corrected chi connectivity index (χ2v) is 10.9. The van der Waals surface area contributed by atoms with Crippen LogP contribution >= 0.6 is 0 Å². The first-order valence-corrected chi connectivity index (χ1v) is 12.9. The van der Waals surface area contributed by atoms with Crippen LogP contribution in [0.15, 0.2) is 65.6 Å². The molecular weight excluding hydrogens is 450 g/mol. The predicted octanol–water partition coefficient (Wildman–Crippen LogP) is 3.10. The molecular formula is C26H27N3O4S. The number of sulfonamides is 1. The van der Waals surface area contributed by atoms with Gasteiger partial charge in [-0.2, -0.15) is 4.31 Å². The Labute approximate surface area is 199 Å². The number of piperazine rings is 1. The molecule has 0 radical (unpaired) electrons. The van der Waals surface area contributed by atoms with Crippen molar-refractivity contribution in [3.63, 3.8) is 0 Å². The maximum Gasteiger partial charge on any atom is 0.251 e. The van der Waals surface area contributed by atoms with Gasteiger partial charge in [0.15, 0.2) is 0 Å². The van der Waals surface area contributed by atoms with Crippen LogP contribution in [-0.4, -0.2) is 61.7 Å². The molecule has 0 saturated carbocycles. The Hall–Kier alpha value is -3.07. The lowest BCUT2D eigenvalue weighted by Gasteiger charge is -2.36. The molecule has 0 aromatic heterocycles. The van der Waals surface area contributed by atoms with Crippen molar-refractivity contribution in [1.29, 1.82) is 0 Å². The predicted molar refractivity (Wildman–Crippen MR) is 131 cm³/mol. The molecule has 0 unspecified atom stereocenters. The monoisotopic (exact) mass is 477 g/mol. The fourth-order valence-corrected chi connectivity index (χ4v) is 6.49. The van der Waals surface area contributed by atoms with Crippen LogP contribution in [0.2, 0.25) is 0 Å². The van der Waals surface area contributed by atoms with E-state index in [1.54, 1.807) is 12.1 Å². The molecule has 3 aromatic carbocycles. The van der Waals surface area contributed by atoms with Crippen LogP contribution in [0.1, 0.15) is 17.5 Å². The summed E-state index contributed by atoms with van der Waals surface area (Å²) in [6, 6.07) is 18.0. The number of imide groups is 1. The summed E-state index contributed by atoms with van der Waals surface area (Å²) in [4.78, 5) is 29.6. The largest absolute Gasteiger partial charge is 0.289 e. The number of carbonyl (C=O) groups excluding carboxylic acids is 2. The van der Waals surface area contributed by atoms with Gasteiger partial charge in [-0.3, -0.25) is 14.5 Å². The lowest BCUT2D eigenvalue weighted by Crippen LogP contribution is -2.53. The number of benzene rings is 3. The number of rotatable bonds is 4. The summed E-state index contributed by atoms with van der Waals surface area (Å²) in [5.74, 6) is -0.438. The number of amides is 2. The van der Waals surface area contributed by atoms with Gasteiger partial charge < -0.3 is 0 Å². The molecule has 2 aliphatic rings. The highest BCUT2D eigenvalue weighted by atomic mass is 32.2. The van der Waals surface area contributed by atoms with E-state index in [1.165, 1.54) is 9.21 Å². The summed E-state index contributed by atoms with van der Waals surface area (Å²) >= 11 is 0. The van der Waals surface area contributed by atoms with Gasteiger partial charge in [0, 0.05) is 26.2 Å². The quantitative estimate of drug-likeness (QED) is 0.540. The van der Waals surface area contributed by atoms with E-state index in [-0.39, 0.29) is 36.2 Å². The second kappa shape index (κ2) is 8.61. The van der Waals surface area contributed by atoms with Crippen molar-refractivity contribution in [2.75, 3.05) is 31.1 Å². The molecule has 3 aromatic rings. The topological polar surface area (TPSA) is 78.0 Å². The molecule has 2 aliphatic heterocycles. The van der Waals surface area contributed by atoms with Crippen LogP contribution in [0.25, 0.3) is 10.8 Å². The molecule has 2 saturated heterocycles. The number of anilines is 1. The number of carbonyl (C=O) groups is 2. The Balaban J connectivity index is 1.31. The van der Waals surface area contributed by atoms with Gasteiger partial charge in [-0.05, 0) is 47.9 Å². The standard InChI is InChI=1S/C26H27N3O4S/c1-18-6-5-7-19(2)25(18)29-24(30)17-23(26(29)31)27-12-14-28(15-13-27)34(32,33)22-11-10-20-8-3-4-9-21(20)16-22/h3-11,16,23H,12-15,17H2,1-2H3/t23-/m1/s1. The summed E-state index contributed by atoms with van der Waals surface area (Å²) in [6.07, 6.45) is 0.115. The molecule has 0 spiro atoms. The first-order chi connectivity index (χ1) is 16.3. The third-order valence-corrected chi connectivity index (χ3v) is 8.75. The molecule has 0 N–H and O–H groups in total. The normalized spacial score (nSPS) is 20.4. The summed E-state index contributed by atoms with van der Waals surface area (Å²) in [5.41, 5.74) is 2.43. The van der Waals surface area contributed by atoms with Gasteiger partial charge in [0.05, 0.1) is 23.0 Å². The Morgan fingerprint density at radius 3 is 2.12 bits per heavy atom. The van der Waals surface area contributed by atoms with Gasteiger partial charge in [-0.25, -0.2) is 13.3 Å². The summed E-state index contributed by atoms with van der Waals surface area (Å²) < 4.78 is 28.0. The number of hydrogen-bond donors (Lipinski definition) is 0. The second-order valence-electron chi connectivity index (χ2n) is 8.98. The number of nitrogens with zero attached hydrogens (tertiary/aromatic N) is 3. The summed E-state index contributed by atoms with van der Waals surface area (Å²) in [5, 5.41) is 1.87. The van der Waals surface area contributed by atoms with E-state index in [1.807, 2.05) is 67.3 Å². The molecule has 34 heavy (non-hydrogen) atoms. The highest BCUT2D eigenvalue weighted by Gasteiger charge is 2.44. The molecule has 2 heterocycles. The van der Waals surface area contributed by atoms with Gasteiger partial charge in [-0.15, -0.1) is 0 Å². The van der Waals surface area contributed by atoms with Crippen molar-refractivity contribution < 1.29 is 18.0 Å². The van der Waals surface area contributed by atoms with Gasteiger partial charge in [-0.1, -0.05) is 48.5 Å². The highest BCUT2D eigenvalue weighted by Crippen LogP contribution is 2.32. The highest BCUT2D eigenvalue weighted by molar-refractivity contribution is 7.89. The minimum Gasteiger partial charge on any atom is -0.289 e. The van der Waals surface area contributed by atoms with E-state index < -0.39 is 16.1 Å². The van der Waals surface area contributed by atoms with E-state index in [4.69, 9.17) is 0 Å². The molecule has 7 nitrogen and oxygen atoms in total. The number of aryl methyl sites for hydroxylation is 2. The molecule has 8 heteroatoms. The fourth-order valence-electron chi connectivity index (χ4n) is 5.03. The lowest BCUT2D eigenvalue weighted by molar-refractivity contribution is -0.123. The summed E-state index contributed by atoms with van der Waals surface area (Å²) in [7, 11) is -3.65.